The molecule has 2 aliphatic heterocycles. The number of hydrogen-bond donors (Lipinski definition) is 1. The first-order valence-electron chi connectivity index (χ1n) is 13.5. The van der Waals surface area contributed by atoms with Crippen molar-refractivity contribution in [3.05, 3.63) is 71.3 Å². The second-order valence-corrected chi connectivity index (χ2v) is 11.0. The largest absolute Gasteiger partial charge is 0.317 e. The quantitative estimate of drug-likeness (QED) is 0.564. The van der Waals surface area contributed by atoms with Gasteiger partial charge in [-0.2, -0.15) is 0 Å². The van der Waals surface area contributed by atoms with Crippen LogP contribution >= 0.6 is 0 Å². The van der Waals surface area contributed by atoms with Gasteiger partial charge in [-0.1, -0.05) is 54.6 Å². The lowest BCUT2D eigenvalue weighted by molar-refractivity contribution is 0.0999. The Balaban J connectivity index is 1.13. The Labute approximate surface area is 201 Å². The molecular weight excluding hydrogens is 402 g/mol. The van der Waals surface area contributed by atoms with Gasteiger partial charge in [-0.3, -0.25) is 4.90 Å². The fraction of sp³-hybridized carbons (Fsp3) is 0.600. The highest BCUT2D eigenvalue weighted by atomic mass is 15.1. The van der Waals surface area contributed by atoms with Crippen LogP contribution in [0.2, 0.25) is 0 Å². The number of likely N-dealkylation sites (N-methyl/N-ethyl adjacent to an activating group) is 1. The average molecular weight is 446 g/mol. The first-order valence-corrected chi connectivity index (χ1v) is 13.5. The zero-order valence-electron chi connectivity index (χ0n) is 20.6. The van der Waals surface area contributed by atoms with E-state index in [1.807, 2.05) is 0 Å². The summed E-state index contributed by atoms with van der Waals surface area (Å²) in [5, 5.41) is 3.56. The van der Waals surface area contributed by atoms with Crippen molar-refractivity contribution >= 4 is 0 Å². The Morgan fingerprint density at radius 1 is 0.909 bits per heavy atom. The summed E-state index contributed by atoms with van der Waals surface area (Å²) in [6.45, 7) is 7.32. The van der Waals surface area contributed by atoms with Crippen molar-refractivity contribution < 1.29 is 0 Å². The van der Waals surface area contributed by atoms with Crippen LogP contribution in [0.15, 0.2) is 54.6 Å². The molecule has 0 radical (unpaired) electrons. The molecule has 0 aromatic heterocycles. The van der Waals surface area contributed by atoms with Gasteiger partial charge in [-0.25, -0.2) is 0 Å². The molecule has 3 aliphatic rings. The van der Waals surface area contributed by atoms with E-state index in [2.05, 4.69) is 76.8 Å². The maximum absolute atomic E-state index is 3.56. The molecule has 3 fully saturated rings. The van der Waals surface area contributed by atoms with Crippen LogP contribution in [0, 0.1) is 11.8 Å². The van der Waals surface area contributed by atoms with Crippen LogP contribution in [0.4, 0.5) is 0 Å². The van der Waals surface area contributed by atoms with Gasteiger partial charge in [0, 0.05) is 19.1 Å². The van der Waals surface area contributed by atoms with Gasteiger partial charge in [0.25, 0.3) is 0 Å². The van der Waals surface area contributed by atoms with E-state index in [4.69, 9.17) is 0 Å². The van der Waals surface area contributed by atoms with E-state index >= 15 is 0 Å². The summed E-state index contributed by atoms with van der Waals surface area (Å²) in [5.74, 6) is 2.44. The van der Waals surface area contributed by atoms with Crippen molar-refractivity contribution in [3.8, 4) is 0 Å². The van der Waals surface area contributed by atoms with E-state index in [1.54, 1.807) is 5.56 Å². The molecule has 33 heavy (non-hydrogen) atoms. The average Bonchev–Trinajstić information content (AvgIpc) is 3.34. The van der Waals surface area contributed by atoms with Crippen LogP contribution in [0.5, 0.6) is 0 Å². The molecule has 1 aliphatic carbocycles. The van der Waals surface area contributed by atoms with Crippen LogP contribution in [-0.4, -0.2) is 55.6 Å². The van der Waals surface area contributed by atoms with Gasteiger partial charge < -0.3 is 10.2 Å². The first kappa shape index (κ1) is 23.1. The Hall–Kier alpha value is -1.68. The van der Waals surface area contributed by atoms with Gasteiger partial charge in [0.05, 0.1) is 0 Å². The van der Waals surface area contributed by atoms with Gasteiger partial charge in [-0.15, -0.1) is 0 Å². The molecule has 1 saturated carbocycles. The van der Waals surface area contributed by atoms with Crippen molar-refractivity contribution in [1.29, 1.82) is 0 Å². The highest BCUT2D eigenvalue weighted by molar-refractivity contribution is 5.27. The molecule has 2 heterocycles. The molecule has 0 bridgehead atoms. The van der Waals surface area contributed by atoms with Gasteiger partial charge >= 0.3 is 0 Å². The molecule has 0 amide bonds. The lowest BCUT2D eigenvalue weighted by Gasteiger charge is -2.43. The van der Waals surface area contributed by atoms with Crippen molar-refractivity contribution in [2.45, 2.75) is 63.5 Å². The monoisotopic (exact) mass is 445 g/mol. The Morgan fingerprint density at radius 2 is 1.61 bits per heavy atom. The summed E-state index contributed by atoms with van der Waals surface area (Å²) >= 11 is 0. The van der Waals surface area contributed by atoms with Crippen LogP contribution in [-0.2, 0) is 13.0 Å². The third kappa shape index (κ3) is 6.07. The van der Waals surface area contributed by atoms with Gasteiger partial charge in [0.1, 0.15) is 0 Å². The minimum atomic E-state index is 0.665. The normalized spacial score (nSPS) is 25.3. The summed E-state index contributed by atoms with van der Waals surface area (Å²) in [6.07, 6.45) is 9.30. The minimum absolute atomic E-state index is 0.665. The third-order valence-corrected chi connectivity index (χ3v) is 8.62. The van der Waals surface area contributed by atoms with E-state index in [-0.39, 0.29) is 0 Å². The molecule has 5 rings (SSSR count). The molecular formula is C30H43N3. The molecule has 178 valence electrons. The van der Waals surface area contributed by atoms with Crippen molar-refractivity contribution in [2.75, 3.05) is 39.8 Å². The molecule has 2 saturated heterocycles. The lowest BCUT2D eigenvalue weighted by atomic mass is 9.71. The Bertz CT molecular complexity index is 831. The number of nitrogens with zero attached hydrogens (tertiary/aromatic N) is 2. The molecule has 1 unspecified atom stereocenters. The van der Waals surface area contributed by atoms with Gasteiger partial charge in [-0.05, 0) is 113 Å². The predicted octanol–water partition coefficient (Wildman–Crippen LogP) is 5.32. The molecule has 2 aromatic rings. The number of rotatable bonds is 9. The van der Waals surface area contributed by atoms with Gasteiger partial charge in [0.15, 0.2) is 0 Å². The summed E-state index contributed by atoms with van der Waals surface area (Å²) in [7, 11) is 2.40. The summed E-state index contributed by atoms with van der Waals surface area (Å²) in [5.41, 5.74) is 4.55. The van der Waals surface area contributed by atoms with Crippen molar-refractivity contribution in [1.82, 2.24) is 15.1 Å². The first-order chi connectivity index (χ1) is 16.2. The fourth-order valence-electron chi connectivity index (χ4n) is 6.56. The fourth-order valence-corrected chi connectivity index (χ4v) is 6.56. The molecule has 2 aromatic carbocycles. The van der Waals surface area contributed by atoms with E-state index in [9.17, 15) is 0 Å². The number of nitrogens with one attached hydrogen (secondary N) is 1. The molecule has 3 nitrogen and oxygen atoms in total. The second kappa shape index (κ2) is 11.2. The SMILES string of the molecule is CN(CC1CC(c2ccc(CN3CCCC3)cc2)C1)C(Cc1ccccc1)C1CCNCC1. The van der Waals surface area contributed by atoms with Crippen molar-refractivity contribution in [3.63, 3.8) is 0 Å². The highest BCUT2D eigenvalue weighted by Crippen LogP contribution is 2.42. The van der Waals surface area contributed by atoms with Gasteiger partial charge in [0.2, 0.25) is 0 Å². The molecule has 0 spiro atoms. The van der Waals surface area contributed by atoms with E-state index < -0.39 is 0 Å². The third-order valence-electron chi connectivity index (χ3n) is 8.62. The van der Waals surface area contributed by atoms with E-state index in [1.165, 1.54) is 88.8 Å². The lowest BCUT2D eigenvalue weighted by Crippen LogP contribution is -2.47. The van der Waals surface area contributed by atoms with Crippen LogP contribution in [0.25, 0.3) is 0 Å². The number of piperidine rings is 1. The summed E-state index contributed by atoms with van der Waals surface area (Å²) < 4.78 is 0. The number of hydrogen-bond acceptors (Lipinski definition) is 3. The Morgan fingerprint density at radius 3 is 2.30 bits per heavy atom. The maximum Gasteiger partial charge on any atom is 0.0233 e. The molecule has 1 atom stereocenters. The van der Waals surface area contributed by atoms with Crippen LogP contribution in [0.1, 0.15) is 61.1 Å². The topological polar surface area (TPSA) is 18.5 Å². The maximum atomic E-state index is 3.56. The van der Waals surface area contributed by atoms with E-state index in [0.29, 0.717) is 6.04 Å². The van der Waals surface area contributed by atoms with Crippen LogP contribution in [0.3, 0.4) is 0 Å². The van der Waals surface area contributed by atoms with Crippen LogP contribution < -0.4 is 5.32 Å². The second-order valence-electron chi connectivity index (χ2n) is 11.0. The number of benzene rings is 2. The smallest absolute Gasteiger partial charge is 0.0233 e. The summed E-state index contributed by atoms with van der Waals surface area (Å²) in [6, 6.07) is 21.4. The number of likely N-dealkylation sites (tertiary alicyclic amines) is 1. The molecule has 1 N–H and O–H groups in total. The Kier molecular flexibility index (Phi) is 7.81. The summed E-state index contributed by atoms with van der Waals surface area (Å²) in [4.78, 5) is 5.32. The highest BCUT2D eigenvalue weighted by Gasteiger charge is 2.34. The minimum Gasteiger partial charge on any atom is -0.317 e. The standard InChI is InChI=1S/C30H43N3/c1-32(30(28-13-15-31-16-14-28)21-24-7-3-2-4-8-24)22-26-19-29(20-26)27-11-9-25(10-12-27)23-33-17-5-6-18-33/h2-4,7-12,26,28-31H,5-6,13-23H2,1H3. The molecule has 3 heteroatoms. The zero-order chi connectivity index (χ0) is 22.5. The van der Waals surface area contributed by atoms with Crippen molar-refractivity contribution in [2.24, 2.45) is 11.8 Å². The predicted molar refractivity (Wildman–Crippen MR) is 139 cm³/mol. The zero-order valence-corrected chi connectivity index (χ0v) is 20.6. The van der Waals surface area contributed by atoms with E-state index in [0.717, 1.165) is 24.3 Å².